The van der Waals surface area contributed by atoms with Gasteiger partial charge in [0.15, 0.2) is 0 Å². The molecule has 0 aliphatic rings. The van der Waals surface area contributed by atoms with Crippen LogP contribution in [0.15, 0.2) is 23.1 Å². The minimum atomic E-state index is 0.629. The molecule has 0 amide bonds. The highest BCUT2D eigenvalue weighted by molar-refractivity contribution is 9.10. The Bertz CT molecular complexity index is 520. The predicted molar refractivity (Wildman–Crippen MR) is 78.9 cm³/mol. The van der Waals surface area contributed by atoms with Gasteiger partial charge in [0.25, 0.3) is 0 Å². The van der Waals surface area contributed by atoms with Gasteiger partial charge >= 0.3 is 0 Å². The standard InChI is InChI=1S/C13H18BrN5/c1-3-4-5-19-9-11(10(2)18-19)6-15-13-16-7-12(14)8-17-13/h7-9H,3-6H2,1-2H3,(H,15,16,17). The van der Waals surface area contributed by atoms with Gasteiger partial charge in [-0.2, -0.15) is 5.10 Å². The number of aromatic nitrogens is 4. The summed E-state index contributed by atoms with van der Waals surface area (Å²) >= 11 is 3.31. The first-order valence-electron chi connectivity index (χ1n) is 6.43. The summed E-state index contributed by atoms with van der Waals surface area (Å²) in [5.41, 5.74) is 2.24. The van der Waals surface area contributed by atoms with Crippen molar-refractivity contribution in [3.63, 3.8) is 0 Å². The van der Waals surface area contributed by atoms with E-state index in [1.54, 1.807) is 12.4 Å². The smallest absolute Gasteiger partial charge is 0.222 e. The fourth-order valence-corrected chi connectivity index (χ4v) is 1.95. The maximum Gasteiger partial charge on any atom is 0.222 e. The highest BCUT2D eigenvalue weighted by Crippen LogP contribution is 2.10. The summed E-state index contributed by atoms with van der Waals surface area (Å²) < 4.78 is 2.89. The van der Waals surface area contributed by atoms with Gasteiger partial charge in [-0.3, -0.25) is 4.68 Å². The van der Waals surface area contributed by atoms with Crippen molar-refractivity contribution < 1.29 is 0 Å². The number of rotatable bonds is 6. The molecule has 102 valence electrons. The Kier molecular flexibility index (Phi) is 4.90. The molecule has 0 fully saturated rings. The molecule has 0 saturated carbocycles. The summed E-state index contributed by atoms with van der Waals surface area (Å²) in [4.78, 5) is 8.37. The van der Waals surface area contributed by atoms with Crippen molar-refractivity contribution in [3.8, 4) is 0 Å². The molecular weight excluding hydrogens is 306 g/mol. The first-order chi connectivity index (χ1) is 9.19. The zero-order chi connectivity index (χ0) is 13.7. The monoisotopic (exact) mass is 323 g/mol. The van der Waals surface area contributed by atoms with Crippen molar-refractivity contribution in [3.05, 3.63) is 34.3 Å². The van der Waals surface area contributed by atoms with Gasteiger partial charge in [-0.05, 0) is 29.3 Å². The molecule has 19 heavy (non-hydrogen) atoms. The quantitative estimate of drug-likeness (QED) is 0.887. The van der Waals surface area contributed by atoms with Crippen LogP contribution in [-0.2, 0) is 13.1 Å². The van der Waals surface area contributed by atoms with Crippen LogP contribution in [0.3, 0.4) is 0 Å². The lowest BCUT2D eigenvalue weighted by Gasteiger charge is -2.03. The molecule has 6 heteroatoms. The normalized spacial score (nSPS) is 10.7. The van der Waals surface area contributed by atoms with E-state index < -0.39 is 0 Å². The third-order valence-electron chi connectivity index (χ3n) is 2.85. The molecule has 2 rings (SSSR count). The maximum atomic E-state index is 4.50. The molecule has 0 atom stereocenters. The molecule has 0 aromatic carbocycles. The minimum absolute atomic E-state index is 0.629. The van der Waals surface area contributed by atoms with Gasteiger partial charge in [-0.15, -0.1) is 0 Å². The van der Waals surface area contributed by atoms with E-state index in [9.17, 15) is 0 Å². The minimum Gasteiger partial charge on any atom is -0.350 e. The second kappa shape index (κ2) is 6.65. The van der Waals surface area contributed by atoms with E-state index in [4.69, 9.17) is 0 Å². The Labute approximate surface area is 121 Å². The molecule has 0 radical (unpaired) electrons. The number of aryl methyl sites for hydroxylation is 2. The zero-order valence-electron chi connectivity index (χ0n) is 11.2. The van der Waals surface area contributed by atoms with Crippen molar-refractivity contribution >= 4 is 21.9 Å². The van der Waals surface area contributed by atoms with Crippen LogP contribution in [0.4, 0.5) is 5.95 Å². The molecule has 0 aliphatic carbocycles. The fourth-order valence-electron chi connectivity index (χ4n) is 1.75. The Morgan fingerprint density at radius 3 is 2.74 bits per heavy atom. The molecule has 2 heterocycles. The van der Waals surface area contributed by atoms with Crippen molar-refractivity contribution in [2.75, 3.05) is 5.32 Å². The largest absolute Gasteiger partial charge is 0.350 e. The highest BCUT2D eigenvalue weighted by atomic mass is 79.9. The second-order valence-corrected chi connectivity index (χ2v) is 5.35. The molecule has 0 unspecified atom stereocenters. The average Bonchev–Trinajstić information content (AvgIpc) is 2.76. The van der Waals surface area contributed by atoms with E-state index in [1.165, 1.54) is 12.0 Å². The van der Waals surface area contributed by atoms with Gasteiger partial charge in [-0.25, -0.2) is 9.97 Å². The molecule has 5 nitrogen and oxygen atoms in total. The van der Waals surface area contributed by atoms with Crippen molar-refractivity contribution in [1.82, 2.24) is 19.7 Å². The Morgan fingerprint density at radius 2 is 2.05 bits per heavy atom. The molecule has 0 spiro atoms. The van der Waals surface area contributed by atoms with E-state index >= 15 is 0 Å². The van der Waals surface area contributed by atoms with Gasteiger partial charge in [0.05, 0.1) is 10.2 Å². The van der Waals surface area contributed by atoms with Gasteiger partial charge in [0.1, 0.15) is 0 Å². The van der Waals surface area contributed by atoms with Crippen LogP contribution in [-0.4, -0.2) is 19.7 Å². The van der Waals surface area contributed by atoms with E-state index in [-0.39, 0.29) is 0 Å². The number of halogens is 1. The lowest BCUT2D eigenvalue weighted by atomic mass is 10.2. The maximum absolute atomic E-state index is 4.50. The third kappa shape index (κ3) is 4.02. The van der Waals surface area contributed by atoms with Crippen LogP contribution < -0.4 is 5.32 Å². The Hall–Kier alpha value is -1.43. The molecule has 0 bridgehead atoms. The summed E-state index contributed by atoms with van der Waals surface area (Å²) in [5.74, 6) is 0.629. The molecule has 2 aromatic rings. The summed E-state index contributed by atoms with van der Waals surface area (Å²) in [6.07, 6.45) is 7.89. The first-order valence-corrected chi connectivity index (χ1v) is 7.22. The first kappa shape index (κ1) is 14.0. The summed E-state index contributed by atoms with van der Waals surface area (Å²) in [5, 5.41) is 7.70. The number of unbranched alkanes of at least 4 members (excludes halogenated alkanes) is 1. The van der Waals surface area contributed by atoms with Crippen molar-refractivity contribution in [2.45, 2.75) is 39.8 Å². The molecular formula is C13H18BrN5. The molecule has 1 N–H and O–H groups in total. The van der Waals surface area contributed by atoms with Crippen LogP contribution in [0.1, 0.15) is 31.0 Å². The van der Waals surface area contributed by atoms with Crippen molar-refractivity contribution in [1.29, 1.82) is 0 Å². The van der Waals surface area contributed by atoms with Gasteiger partial charge in [0.2, 0.25) is 5.95 Å². The summed E-state index contributed by atoms with van der Waals surface area (Å²) in [6.45, 7) is 5.89. The number of nitrogens with zero attached hydrogens (tertiary/aromatic N) is 4. The van der Waals surface area contributed by atoms with Gasteiger partial charge in [0, 0.05) is 37.2 Å². The summed E-state index contributed by atoms with van der Waals surface area (Å²) in [7, 11) is 0. The van der Waals surface area contributed by atoms with Gasteiger partial charge in [-0.1, -0.05) is 13.3 Å². The Balaban J connectivity index is 1.95. The van der Waals surface area contributed by atoms with Crippen LogP contribution in [0.25, 0.3) is 0 Å². The fraction of sp³-hybridized carbons (Fsp3) is 0.462. The summed E-state index contributed by atoms with van der Waals surface area (Å²) in [6, 6.07) is 0. The predicted octanol–water partition coefficient (Wildman–Crippen LogP) is 3.16. The van der Waals surface area contributed by atoms with Crippen LogP contribution in [0.5, 0.6) is 0 Å². The third-order valence-corrected chi connectivity index (χ3v) is 3.26. The number of nitrogens with one attached hydrogen (secondary N) is 1. The van der Waals surface area contributed by atoms with Crippen LogP contribution in [0, 0.1) is 6.92 Å². The van der Waals surface area contributed by atoms with E-state index in [2.05, 4.69) is 49.4 Å². The van der Waals surface area contributed by atoms with Crippen molar-refractivity contribution in [2.24, 2.45) is 0 Å². The molecule has 0 aliphatic heterocycles. The van der Waals surface area contributed by atoms with Crippen LogP contribution in [0.2, 0.25) is 0 Å². The lowest BCUT2D eigenvalue weighted by molar-refractivity contribution is 0.568. The van der Waals surface area contributed by atoms with Gasteiger partial charge < -0.3 is 5.32 Å². The van der Waals surface area contributed by atoms with E-state index in [1.807, 2.05) is 11.6 Å². The molecule has 2 aromatic heterocycles. The molecule has 0 saturated heterocycles. The van der Waals surface area contributed by atoms with E-state index in [0.717, 1.165) is 23.1 Å². The number of hydrogen-bond acceptors (Lipinski definition) is 4. The van der Waals surface area contributed by atoms with Crippen LogP contribution >= 0.6 is 15.9 Å². The topological polar surface area (TPSA) is 55.6 Å². The second-order valence-electron chi connectivity index (χ2n) is 4.43. The van der Waals surface area contributed by atoms with E-state index in [0.29, 0.717) is 12.5 Å². The number of hydrogen-bond donors (Lipinski definition) is 1. The Morgan fingerprint density at radius 1 is 1.32 bits per heavy atom. The lowest BCUT2D eigenvalue weighted by Crippen LogP contribution is -2.03. The SMILES string of the molecule is CCCCn1cc(CNc2ncc(Br)cn2)c(C)n1. The highest BCUT2D eigenvalue weighted by Gasteiger charge is 2.05. The number of anilines is 1. The average molecular weight is 324 g/mol. The zero-order valence-corrected chi connectivity index (χ0v) is 12.8.